The van der Waals surface area contributed by atoms with Gasteiger partial charge in [0.05, 0.1) is 6.10 Å². The third-order valence-corrected chi connectivity index (χ3v) is 3.04. The lowest BCUT2D eigenvalue weighted by atomic mass is 10.1. The van der Waals surface area contributed by atoms with Crippen LogP contribution in [0.3, 0.4) is 0 Å². The van der Waals surface area contributed by atoms with E-state index in [1.54, 1.807) is 6.20 Å². The number of anilines is 1. The molecule has 0 aliphatic carbocycles. The van der Waals surface area contributed by atoms with Crippen LogP contribution in [0.1, 0.15) is 25.0 Å². The molecule has 1 aromatic rings. The Balaban J connectivity index is 1.55. The number of hydrogen-bond donors (Lipinski definition) is 2. The van der Waals surface area contributed by atoms with Crippen LogP contribution >= 0.6 is 0 Å². The number of aryl methyl sites for hydroxylation is 1. The number of ether oxygens (including phenoxy) is 1. The molecule has 0 bridgehead atoms. The van der Waals surface area contributed by atoms with Gasteiger partial charge in [-0.25, -0.2) is 9.97 Å². The maximum atomic E-state index is 5.82. The van der Waals surface area contributed by atoms with Gasteiger partial charge >= 0.3 is 0 Å². The van der Waals surface area contributed by atoms with E-state index in [0.29, 0.717) is 12.1 Å². The zero-order valence-corrected chi connectivity index (χ0v) is 11.0. The molecule has 0 atom stereocenters. The van der Waals surface area contributed by atoms with Crippen molar-refractivity contribution in [2.45, 2.75) is 32.3 Å². The molecule has 0 aromatic carbocycles. The predicted octanol–water partition coefficient (Wildman–Crippen LogP) is 1.36. The average molecular weight is 250 g/mol. The molecule has 1 fully saturated rings. The largest absolute Gasteiger partial charge is 0.378 e. The van der Waals surface area contributed by atoms with Crippen LogP contribution in [-0.4, -0.2) is 42.3 Å². The van der Waals surface area contributed by atoms with Crippen molar-refractivity contribution >= 4 is 5.95 Å². The Kier molecular flexibility index (Phi) is 5.36. The summed E-state index contributed by atoms with van der Waals surface area (Å²) >= 11 is 0. The predicted molar refractivity (Wildman–Crippen MR) is 71.7 cm³/mol. The Morgan fingerprint density at radius 1 is 1.44 bits per heavy atom. The van der Waals surface area contributed by atoms with E-state index < -0.39 is 0 Å². The first kappa shape index (κ1) is 13.2. The van der Waals surface area contributed by atoms with Gasteiger partial charge in [0, 0.05) is 25.0 Å². The lowest BCUT2D eigenvalue weighted by Crippen LogP contribution is -2.32. The van der Waals surface area contributed by atoms with Gasteiger partial charge in [-0.15, -0.1) is 0 Å². The molecule has 0 radical (unpaired) electrons. The third-order valence-electron chi connectivity index (χ3n) is 3.04. The van der Waals surface area contributed by atoms with Crippen molar-refractivity contribution in [3.63, 3.8) is 0 Å². The molecule has 2 N–H and O–H groups in total. The first-order valence-corrected chi connectivity index (χ1v) is 6.70. The van der Waals surface area contributed by atoms with Gasteiger partial charge in [0.25, 0.3) is 0 Å². The molecule has 1 aliphatic rings. The summed E-state index contributed by atoms with van der Waals surface area (Å²) in [4.78, 5) is 8.45. The zero-order chi connectivity index (χ0) is 12.6. The van der Waals surface area contributed by atoms with Crippen LogP contribution in [0.15, 0.2) is 12.3 Å². The van der Waals surface area contributed by atoms with E-state index in [4.69, 9.17) is 4.74 Å². The maximum Gasteiger partial charge on any atom is 0.222 e. The van der Waals surface area contributed by atoms with Gasteiger partial charge in [0.2, 0.25) is 5.95 Å². The van der Waals surface area contributed by atoms with E-state index in [1.807, 2.05) is 13.0 Å². The Hall–Kier alpha value is -1.20. The maximum absolute atomic E-state index is 5.82. The fraction of sp³-hybridized carbons (Fsp3) is 0.692. The summed E-state index contributed by atoms with van der Waals surface area (Å²) in [6.45, 7) is 5.80. The molecule has 5 nitrogen and oxygen atoms in total. The zero-order valence-electron chi connectivity index (χ0n) is 11.0. The van der Waals surface area contributed by atoms with Crippen LogP contribution in [0, 0.1) is 6.92 Å². The number of nitrogens with one attached hydrogen (secondary N) is 2. The summed E-state index contributed by atoms with van der Waals surface area (Å²) in [5.41, 5.74) is 0.985. The molecule has 2 heterocycles. The second-order valence-electron chi connectivity index (χ2n) is 4.62. The summed E-state index contributed by atoms with van der Waals surface area (Å²) in [6, 6.07) is 1.89. The number of piperidine rings is 1. The van der Waals surface area contributed by atoms with Crippen LogP contribution in [0.5, 0.6) is 0 Å². The van der Waals surface area contributed by atoms with E-state index >= 15 is 0 Å². The first-order chi connectivity index (χ1) is 8.84. The molecule has 1 saturated heterocycles. The highest BCUT2D eigenvalue weighted by molar-refractivity contribution is 5.24. The standard InChI is InChI=1S/C13H22N4O/c1-11-3-9-16-13(17-11)15-6-2-10-18-12-4-7-14-8-5-12/h3,9,12,14H,2,4-8,10H2,1H3,(H,15,16,17). The summed E-state index contributed by atoms with van der Waals surface area (Å²) < 4.78 is 5.82. The molecule has 2 rings (SSSR count). The summed E-state index contributed by atoms with van der Waals surface area (Å²) in [6.07, 6.45) is 5.47. The van der Waals surface area contributed by atoms with Crippen LogP contribution < -0.4 is 10.6 Å². The Labute approximate surface area is 108 Å². The normalized spacial score (nSPS) is 16.7. The molecule has 100 valence electrons. The van der Waals surface area contributed by atoms with Crippen LogP contribution in [0.2, 0.25) is 0 Å². The highest BCUT2D eigenvalue weighted by Crippen LogP contribution is 2.07. The molecule has 5 heteroatoms. The van der Waals surface area contributed by atoms with E-state index in [1.165, 1.54) is 0 Å². The van der Waals surface area contributed by atoms with Crippen LogP contribution in [0.4, 0.5) is 5.95 Å². The molecule has 1 aliphatic heterocycles. The van der Waals surface area contributed by atoms with Gasteiger partial charge in [0.1, 0.15) is 0 Å². The number of hydrogen-bond acceptors (Lipinski definition) is 5. The fourth-order valence-corrected chi connectivity index (χ4v) is 2.02. The molecule has 0 saturated carbocycles. The second kappa shape index (κ2) is 7.28. The second-order valence-corrected chi connectivity index (χ2v) is 4.62. The first-order valence-electron chi connectivity index (χ1n) is 6.70. The smallest absolute Gasteiger partial charge is 0.222 e. The van der Waals surface area contributed by atoms with Gasteiger partial charge in [-0.1, -0.05) is 0 Å². The van der Waals surface area contributed by atoms with Gasteiger partial charge in [-0.2, -0.15) is 0 Å². The van der Waals surface area contributed by atoms with E-state index in [-0.39, 0.29) is 0 Å². The number of rotatable bonds is 6. The summed E-state index contributed by atoms with van der Waals surface area (Å²) in [5, 5.41) is 6.54. The molecule has 18 heavy (non-hydrogen) atoms. The fourth-order valence-electron chi connectivity index (χ4n) is 2.02. The summed E-state index contributed by atoms with van der Waals surface area (Å²) in [5.74, 6) is 0.705. The van der Waals surface area contributed by atoms with Crippen molar-refractivity contribution in [3.8, 4) is 0 Å². The molecule has 1 aromatic heterocycles. The van der Waals surface area contributed by atoms with E-state index in [2.05, 4.69) is 20.6 Å². The number of nitrogens with zero attached hydrogens (tertiary/aromatic N) is 2. The Bertz CT molecular complexity index is 353. The quantitative estimate of drug-likeness (QED) is 0.746. The summed E-state index contributed by atoms with van der Waals surface area (Å²) in [7, 11) is 0. The average Bonchev–Trinajstić information content (AvgIpc) is 2.40. The minimum absolute atomic E-state index is 0.446. The minimum atomic E-state index is 0.446. The van der Waals surface area contributed by atoms with Crippen LogP contribution in [0.25, 0.3) is 0 Å². The van der Waals surface area contributed by atoms with Crippen molar-refractivity contribution in [3.05, 3.63) is 18.0 Å². The van der Waals surface area contributed by atoms with Gasteiger partial charge < -0.3 is 15.4 Å². The van der Waals surface area contributed by atoms with Crippen molar-refractivity contribution < 1.29 is 4.74 Å². The van der Waals surface area contributed by atoms with Gasteiger partial charge in [-0.05, 0) is 45.3 Å². The SMILES string of the molecule is Cc1ccnc(NCCCOC2CCNCC2)n1. The molecule has 0 unspecified atom stereocenters. The third kappa shape index (κ3) is 4.58. The van der Waals surface area contributed by atoms with Crippen LogP contribution in [-0.2, 0) is 4.74 Å². The Morgan fingerprint density at radius 2 is 2.28 bits per heavy atom. The molecule has 0 amide bonds. The lowest BCUT2D eigenvalue weighted by molar-refractivity contribution is 0.0329. The number of aromatic nitrogens is 2. The minimum Gasteiger partial charge on any atom is -0.378 e. The lowest BCUT2D eigenvalue weighted by Gasteiger charge is -2.22. The highest BCUT2D eigenvalue weighted by Gasteiger charge is 2.12. The monoisotopic (exact) mass is 250 g/mol. The van der Waals surface area contributed by atoms with E-state index in [9.17, 15) is 0 Å². The van der Waals surface area contributed by atoms with Gasteiger partial charge in [0.15, 0.2) is 0 Å². The van der Waals surface area contributed by atoms with Crippen molar-refractivity contribution in [1.82, 2.24) is 15.3 Å². The van der Waals surface area contributed by atoms with E-state index in [0.717, 1.165) is 51.2 Å². The van der Waals surface area contributed by atoms with Crippen molar-refractivity contribution in [2.24, 2.45) is 0 Å². The van der Waals surface area contributed by atoms with Gasteiger partial charge in [-0.3, -0.25) is 0 Å². The molecular formula is C13H22N4O. The van der Waals surface area contributed by atoms with Crippen molar-refractivity contribution in [1.29, 1.82) is 0 Å². The Morgan fingerprint density at radius 3 is 3.06 bits per heavy atom. The topological polar surface area (TPSA) is 59.1 Å². The van der Waals surface area contributed by atoms with Crippen molar-refractivity contribution in [2.75, 3.05) is 31.6 Å². The molecule has 0 spiro atoms. The molecular weight excluding hydrogens is 228 g/mol. The highest BCUT2D eigenvalue weighted by atomic mass is 16.5.